The van der Waals surface area contributed by atoms with Gasteiger partial charge in [-0.1, -0.05) is 42.5 Å². The predicted molar refractivity (Wildman–Crippen MR) is 155 cm³/mol. The molecule has 0 aromatic heterocycles. The number of carbonyl (C=O) groups excluding carboxylic acids is 3. The van der Waals surface area contributed by atoms with Crippen LogP contribution in [0.15, 0.2) is 78.9 Å². The highest BCUT2D eigenvalue weighted by atomic mass is 16.6. The van der Waals surface area contributed by atoms with E-state index in [2.05, 4.69) is 21.3 Å². The van der Waals surface area contributed by atoms with Gasteiger partial charge in [0.25, 0.3) is 5.91 Å². The van der Waals surface area contributed by atoms with Gasteiger partial charge in [-0.3, -0.25) is 10.1 Å². The van der Waals surface area contributed by atoms with E-state index in [1.165, 1.54) is 0 Å². The number of nitrogens with one attached hydrogen (secondary N) is 4. The molecule has 0 bridgehead atoms. The number of amides is 4. The Hall–Kier alpha value is -4.37. The normalized spacial score (nSPS) is 11.8. The molecule has 0 heterocycles. The molecule has 206 valence electrons. The number of hydrogen-bond donors (Lipinski definition) is 4. The van der Waals surface area contributed by atoms with Crippen molar-refractivity contribution >= 4 is 35.1 Å². The summed E-state index contributed by atoms with van der Waals surface area (Å²) < 4.78 is 5.32. The van der Waals surface area contributed by atoms with E-state index in [0.717, 1.165) is 12.1 Å². The van der Waals surface area contributed by atoms with Crippen molar-refractivity contribution in [3.8, 4) is 0 Å². The Morgan fingerprint density at radius 3 is 1.97 bits per heavy atom. The van der Waals surface area contributed by atoms with Crippen molar-refractivity contribution in [3.63, 3.8) is 0 Å². The number of para-hydroxylation sites is 3. The number of rotatable bonds is 9. The van der Waals surface area contributed by atoms with Crippen molar-refractivity contribution < 1.29 is 19.1 Å². The minimum atomic E-state index is -0.647. The standard InChI is InChI=1S/C30H37N5O4/c1-30(2,3)39-29(38)34-26-14-10-9-13-25(26)32-27(36)22-17-15-21(16-18-22)24(19-20-35(4)5)33-28(37)31-23-11-7-6-8-12-23/h6-18,24H,19-20H2,1-5H3,(H,32,36)(H,34,38)(H2,31,33,37). The van der Waals surface area contributed by atoms with Crippen LogP contribution in [0.25, 0.3) is 0 Å². The van der Waals surface area contributed by atoms with Gasteiger partial charge in [0.2, 0.25) is 0 Å². The molecule has 3 aromatic rings. The fourth-order valence-corrected chi connectivity index (χ4v) is 3.73. The summed E-state index contributed by atoms with van der Waals surface area (Å²) in [7, 11) is 3.95. The zero-order valence-electron chi connectivity index (χ0n) is 23.1. The van der Waals surface area contributed by atoms with Crippen LogP contribution in [0.2, 0.25) is 0 Å². The lowest BCUT2D eigenvalue weighted by Crippen LogP contribution is -2.34. The number of benzene rings is 3. The van der Waals surface area contributed by atoms with Gasteiger partial charge in [-0.25, -0.2) is 9.59 Å². The van der Waals surface area contributed by atoms with Crippen LogP contribution in [0.1, 0.15) is 49.2 Å². The SMILES string of the molecule is CN(C)CCC(NC(=O)Nc1ccccc1)c1ccc(C(=O)Nc2ccccc2NC(=O)OC(C)(C)C)cc1. The predicted octanol–water partition coefficient (Wildman–Crippen LogP) is 6.10. The Morgan fingerprint density at radius 2 is 1.38 bits per heavy atom. The number of nitrogens with zero attached hydrogens (tertiary/aromatic N) is 1. The molecule has 3 rings (SSSR count). The minimum Gasteiger partial charge on any atom is -0.444 e. The Morgan fingerprint density at radius 1 is 0.795 bits per heavy atom. The van der Waals surface area contributed by atoms with Gasteiger partial charge in [-0.05, 0) is 89.8 Å². The molecule has 1 atom stereocenters. The summed E-state index contributed by atoms with van der Waals surface area (Å²) in [5, 5.41) is 11.4. The molecule has 0 radical (unpaired) electrons. The first kappa shape index (κ1) is 29.2. The summed E-state index contributed by atoms with van der Waals surface area (Å²) in [6.45, 7) is 6.10. The van der Waals surface area contributed by atoms with Gasteiger partial charge in [0.05, 0.1) is 17.4 Å². The molecule has 0 aliphatic heterocycles. The number of hydrogen-bond acceptors (Lipinski definition) is 5. The number of anilines is 3. The first-order valence-corrected chi connectivity index (χ1v) is 12.8. The Bertz CT molecular complexity index is 1250. The van der Waals surface area contributed by atoms with Crippen molar-refractivity contribution in [2.75, 3.05) is 36.6 Å². The fraction of sp³-hybridized carbons (Fsp3) is 0.300. The fourth-order valence-electron chi connectivity index (χ4n) is 3.73. The van der Waals surface area contributed by atoms with Gasteiger partial charge < -0.3 is 25.6 Å². The second kappa shape index (κ2) is 13.4. The lowest BCUT2D eigenvalue weighted by molar-refractivity contribution is 0.0635. The molecule has 9 nitrogen and oxygen atoms in total. The molecule has 39 heavy (non-hydrogen) atoms. The number of urea groups is 1. The van der Waals surface area contributed by atoms with E-state index < -0.39 is 11.7 Å². The molecule has 0 spiro atoms. The van der Waals surface area contributed by atoms with Crippen LogP contribution >= 0.6 is 0 Å². The molecule has 4 amide bonds. The molecule has 4 N–H and O–H groups in total. The van der Waals surface area contributed by atoms with Crippen LogP contribution in [0, 0.1) is 0 Å². The summed E-state index contributed by atoms with van der Waals surface area (Å²) >= 11 is 0. The van der Waals surface area contributed by atoms with E-state index in [9.17, 15) is 14.4 Å². The van der Waals surface area contributed by atoms with Gasteiger partial charge in [0.1, 0.15) is 5.60 Å². The van der Waals surface area contributed by atoms with E-state index >= 15 is 0 Å². The van der Waals surface area contributed by atoms with E-state index in [1.54, 1.807) is 57.2 Å². The average molecular weight is 532 g/mol. The summed E-state index contributed by atoms with van der Waals surface area (Å²) in [6.07, 6.45) is 0.0749. The third-order valence-electron chi connectivity index (χ3n) is 5.59. The molecule has 0 aliphatic rings. The molecule has 0 saturated carbocycles. The highest BCUT2D eigenvalue weighted by Gasteiger charge is 2.19. The quantitative estimate of drug-likeness (QED) is 0.267. The van der Waals surface area contributed by atoms with Crippen molar-refractivity contribution in [2.45, 2.75) is 38.8 Å². The summed E-state index contributed by atoms with van der Waals surface area (Å²) in [5.41, 5.74) is 2.24. The number of ether oxygens (including phenoxy) is 1. The average Bonchev–Trinajstić information content (AvgIpc) is 2.87. The molecule has 0 aliphatic carbocycles. The van der Waals surface area contributed by atoms with E-state index in [4.69, 9.17) is 4.74 Å². The largest absolute Gasteiger partial charge is 0.444 e. The highest BCUT2D eigenvalue weighted by molar-refractivity contribution is 6.06. The summed E-state index contributed by atoms with van der Waals surface area (Å²) in [6, 6.07) is 22.7. The van der Waals surface area contributed by atoms with Crippen LogP contribution in [0.4, 0.5) is 26.7 Å². The van der Waals surface area contributed by atoms with Crippen LogP contribution in [-0.4, -0.2) is 49.2 Å². The lowest BCUT2D eigenvalue weighted by atomic mass is 10.0. The zero-order valence-corrected chi connectivity index (χ0v) is 23.1. The molecule has 0 saturated heterocycles. The van der Waals surface area contributed by atoms with Crippen molar-refractivity contribution in [3.05, 3.63) is 90.0 Å². The second-order valence-corrected chi connectivity index (χ2v) is 10.4. The van der Waals surface area contributed by atoms with Crippen molar-refractivity contribution in [1.29, 1.82) is 0 Å². The summed E-state index contributed by atoms with van der Waals surface area (Å²) in [4.78, 5) is 40.0. The maximum Gasteiger partial charge on any atom is 0.412 e. The highest BCUT2D eigenvalue weighted by Crippen LogP contribution is 2.24. The van der Waals surface area contributed by atoms with Crippen LogP contribution in [-0.2, 0) is 4.74 Å². The first-order chi connectivity index (χ1) is 18.5. The molecule has 1 unspecified atom stereocenters. The van der Waals surface area contributed by atoms with Crippen LogP contribution < -0.4 is 21.3 Å². The maximum atomic E-state index is 13.0. The van der Waals surface area contributed by atoms with Crippen molar-refractivity contribution in [2.24, 2.45) is 0 Å². The Labute approximate surface area is 229 Å². The van der Waals surface area contributed by atoms with Gasteiger partial charge in [-0.2, -0.15) is 0 Å². The van der Waals surface area contributed by atoms with Gasteiger partial charge in [-0.15, -0.1) is 0 Å². The van der Waals surface area contributed by atoms with E-state index in [0.29, 0.717) is 29.0 Å². The van der Waals surface area contributed by atoms with Crippen LogP contribution in [0.3, 0.4) is 0 Å². The monoisotopic (exact) mass is 531 g/mol. The molecular formula is C30H37N5O4. The Balaban J connectivity index is 1.69. The maximum absolute atomic E-state index is 13.0. The molecule has 9 heteroatoms. The zero-order chi connectivity index (χ0) is 28.4. The topological polar surface area (TPSA) is 112 Å². The van der Waals surface area contributed by atoms with Crippen molar-refractivity contribution in [1.82, 2.24) is 10.2 Å². The lowest BCUT2D eigenvalue weighted by Gasteiger charge is -2.22. The van der Waals surface area contributed by atoms with Gasteiger partial charge >= 0.3 is 12.1 Å². The minimum absolute atomic E-state index is 0.257. The third kappa shape index (κ3) is 9.79. The third-order valence-corrected chi connectivity index (χ3v) is 5.59. The summed E-state index contributed by atoms with van der Waals surface area (Å²) in [5.74, 6) is -0.334. The van der Waals surface area contributed by atoms with Gasteiger partial charge in [0, 0.05) is 11.3 Å². The van der Waals surface area contributed by atoms with Crippen LogP contribution in [0.5, 0.6) is 0 Å². The Kier molecular flexibility index (Phi) is 10.1. The van der Waals surface area contributed by atoms with Gasteiger partial charge in [0.15, 0.2) is 0 Å². The second-order valence-electron chi connectivity index (χ2n) is 10.4. The van der Waals surface area contributed by atoms with E-state index in [-0.39, 0.29) is 18.0 Å². The van der Waals surface area contributed by atoms with E-state index in [1.807, 2.05) is 61.5 Å². The number of carbonyl (C=O) groups is 3. The molecular weight excluding hydrogens is 494 g/mol. The molecule has 3 aromatic carbocycles. The molecule has 0 fully saturated rings. The smallest absolute Gasteiger partial charge is 0.412 e. The first-order valence-electron chi connectivity index (χ1n) is 12.8.